The number of aliphatic hydroxyl groups excluding tert-OH is 1. The van der Waals surface area contributed by atoms with Crippen molar-refractivity contribution < 1.29 is 18.3 Å². The molecule has 0 radical (unpaired) electrons. The Morgan fingerprint density at radius 1 is 1.36 bits per heavy atom. The molecule has 1 rings (SSSR count). The second-order valence-corrected chi connectivity index (χ2v) is 5.01. The minimum Gasteiger partial charge on any atom is -0.393 e. The first-order valence-electron chi connectivity index (χ1n) is 4.79. The third kappa shape index (κ3) is 3.69. The van der Waals surface area contributed by atoms with Gasteiger partial charge in [-0.25, -0.2) is 0 Å². The van der Waals surface area contributed by atoms with Gasteiger partial charge in [0.2, 0.25) is 0 Å². The Bertz CT molecular complexity index is 183. The molecule has 0 aliphatic heterocycles. The summed E-state index contributed by atoms with van der Waals surface area (Å²) in [6.45, 7) is 1.92. The van der Waals surface area contributed by atoms with E-state index in [1.807, 2.05) is 6.92 Å². The van der Waals surface area contributed by atoms with Gasteiger partial charge in [0, 0.05) is 5.75 Å². The smallest absolute Gasteiger partial charge is 0.393 e. The molecule has 0 heterocycles. The molecular formula is C9H15F3OS. The molecule has 0 aromatic rings. The van der Waals surface area contributed by atoms with Crippen LogP contribution in [-0.2, 0) is 0 Å². The molecule has 1 fully saturated rings. The molecule has 0 aromatic heterocycles. The van der Waals surface area contributed by atoms with Crippen LogP contribution >= 0.6 is 11.8 Å². The van der Waals surface area contributed by atoms with Crippen molar-refractivity contribution in [2.75, 3.05) is 5.75 Å². The van der Waals surface area contributed by atoms with E-state index in [9.17, 15) is 18.3 Å². The third-order valence-electron chi connectivity index (χ3n) is 2.94. The van der Waals surface area contributed by atoms with Crippen molar-refractivity contribution in [2.45, 2.75) is 37.8 Å². The van der Waals surface area contributed by atoms with Gasteiger partial charge in [-0.1, -0.05) is 18.7 Å². The van der Waals surface area contributed by atoms with Gasteiger partial charge in [-0.3, -0.25) is 0 Å². The maximum Gasteiger partial charge on any atom is 0.441 e. The standard InChI is InChI=1S/C9H15F3OS/c1-6-7(2-3-8(6)13)4-5-14-9(10,11)12/h6-8,13H,2-5H2,1H3. The zero-order valence-corrected chi connectivity index (χ0v) is 8.87. The van der Waals surface area contributed by atoms with Crippen LogP contribution in [0, 0.1) is 11.8 Å². The van der Waals surface area contributed by atoms with Crippen LogP contribution in [-0.4, -0.2) is 22.5 Å². The van der Waals surface area contributed by atoms with Crippen molar-refractivity contribution in [1.82, 2.24) is 0 Å². The van der Waals surface area contributed by atoms with E-state index in [2.05, 4.69) is 0 Å². The fourth-order valence-corrected chi connectivity index (χ4v) is 2.61. The van der Waals surface area contributed by atoms with Crippen LogP contribution in [0.5, 0.6) is 0 Å². The largest absolute Gasteiger partial charge is 0.441 e. The molecule has 1 nitrogen and oxygen atoms in total. The van der Waals surface area contributed by atoms with Crippen molar-refractivity contribution >= 4 is 11.8 Å². The summed E-state index contributed by atoms with van der Waals surface area (Å²) in [6, 6.07) is 0. The van der Waals surface area contributed by atoms with Crippen molar-refractivity contribution in [3.63, 3.8) is 0 Å². The number of rotatable bonds is 3. The van der Waals surface area contributed by atoms with E-state index in [-0.39, 0.29) is 35.5 Å². The molecule has 0 spiro atoms. The highest BCUT2D eigenvalue weighted by Crippen LogP contribution is 2.37. The van der Waals surface area contributed by atoms with Gasteiger partial charge in [0.15, 0.2) is 0 Å². The van der Waals surface area contributed by atoms with Gasteiger partial charge >= 0.3 is 5.51 Å². The van der Waals surface area contributed by atoms with Crippen LogP contribution in [0.15, 0.2) is 0 Å². The van der Waals surface area contributed by atoms with E-state index in [4.69, 9.17) is 0 Å². The maximum atomic E-state index is 11.8. The molecule has 0 amide bonds. The van der Waals surface area contributed by atoms with Crippen LogP contribution in [0.25, 0.3) is 0 Å². The molecule has 14 heavy (non-hydrogen) atoms. The molecule has 1 aliphatic rings. The summed E-state index contributed by atoms with van der Waals surface area (Å²) in [5.41, 5.74) is -4.11. The lowest BCUT2D eigenvalue weighted by molar-refractivity contribution is -0.0328. The van der Waals surface area contributed by atoms with Crippen molar-refractivity contribution in [3.05, 3.63) is 0 Å². The summed E-state index contributed by atoms with van der Waals surface area (Å²) in [5.74, 6) is 0.536. The van der Waals surface area contributed by atoms with Crippen LogP contribution < -0.4 is 0 Å². The second kappa shape index (κ2) is 4.75. The molecule has 0 saturated heterocycles. The van der Waals surface area contributed by atoms with Gasteiger partial charge in [-0.2, -0.15) is 13.2 Å². The van der Waals surface area contributed by atoms with E-state index in [1.165, 1.54) is 0 Å². The van der Waals surface area contributed by atoms with E-state index < -0.39 is 5.51 Å². The molecule has 3 unspecified atom stereocenters. The van der Waals surface area contributed by atoms with Gasteiger partial charge in [0.25, 0.3) is 0 Å². The summed E-state index contributed by atoms with van der Waals surface area (Å²) in [6.07, 6.45) is 1.85. The predicted molar refractivity (Wildman–Crippen MR) is 51.0 cm³/mol. The average Bonchev–Trinajstić information content (AvgIpc) is 2.33. The van der Waals surface area contributed by atoms with Gasteiger partial charge in [0.1, 0.15) is 0 Å². The summed E-state index contributed by atoms with van der Waals surface area (Å²) in [5, 5.41) is 9.40. The van der Waals surface area contributed by atoms with Gasteiger partial charge < -0.3 is 5.11 Å². The first-order chi connectivity index (χ1) is 6.40. The zero-order valence-electron chi connectivity index (χ0n) is 8.05. The summed E-state index contributed by atoms with van der Waals surface area (Å²) >= 11 is 0.0420. The Morgan fingerprint density at radius 3 is 2.43 bits per heavy atom. The zero-order chi connectivity index (χ0) is 10.8. The van der Waals surface area contributed by atoms with Crippen molar-refractivity contribution in [1.29, 1.82) is 0 Å². The molecule has 0 bridgehead atoms. The fraction of sp³-hybridized carbons (Fsp3) is 1.00. The summed E-state index contributed by atoms with van der Waals surface area (Å²) in [4.78, 5) is 0. The van der Waals surface area contributed by atoms with Crippen LogP contribution in [0.2, 0.25) is 0 Å². The Morgan fingerprint density at radius 2 is 2.00 bits per heavy atom. The Balaban J connectivity index is 2.19. The van der Waals surface area contributed by atoms with Crippen LogP contribution in [0.4, 0.5) is 13.2 Å². The summed E-state index contributed by atoms with van der Waals surface area (Å²) < 4.78 is 35.5. The molecule has 1 N–H and O–H groups in total. The highest BCUT2D eigenvalue weighted by Gasteiger charge is 2.33. The number of hydrogen-bond acceptors (Lipinski definition) is 2. The fourth-order valence-electron chi connectivity index (χ4n) is 1.96. The molecule has 3 atom stereocenters. The average molecular weight is 228 g/mol. The van der Waals surface area contributed by atoms with E-state index >= 15 is 0 Å². The number of halogens is 3. The Labute approximate surface area is 86.1 Å². The summed E-state index contributed by atoms with van der Waals surface area (Å²) in [7, 11) is 0. The van der Waals surface area contributed by atoms with Crippen molar-refractivity contribution in [2.24, 2.45) is 11.8 Å². The highest BCUT2D eigenvalue weighted by molar-refractivity contribution is 8.00. The molecule has 5 heteroatoms. The van der Waals surface area contributed by atoms with Gasteiger partial charge in [-0.15, -0.1) is 0 Å². The maximum absolute atomic E-state index is 11.8. The van der Waals surface area contributed by atoms with E-state index in [1.54, 1.807) is 0 Å². The number of thioether (sulfide) groups is 1. The Hall–Kier alpha value is 0.100. The van der Waals surface area contributed by atoms with E-state index in [0.717, 1.165) is 12.8 Å². The number of alkyl halides is 3. The normalized spacial score (nSPS) is 33.6. The lowest BCUT2D eigenvalue weighted by Crippen LogP contribution is -2.16. The first kappa shape index (κ1) is 12.2. The van der Waals surface area contributed by atoms with Crippen LogP contribution in [0.1, 0.15) is 26.2 Å². The quantitative estimate of drug-likeness (QED) is 0.801. The van der Waals surface area contributed by atoms with Crippen LogP contribution in [0.3, 0.4) is 0 Å². The molecule has 0 aromatic carbocycles. The minimum atomic E-state index is -4.11. The monoisotopic (exact) mass is 228 g/mol. The van der Waals surface area contributed by atoms with Gasteiger partial charge in [0.05, 0.1) is 6.10 Å². The minimum absolute atomic E-state index is 0.0420. The Kier molecular flexibility index (Phi) is 4.13. The second-order valence-electron chi connectivity index (χ2n) is 3.85. The lowest BCUT2D eigenvalue weighted by atomic mass is 9.95. The van der Waals surface area contributed by atoms with Gasteiger partial charge in [-0.05, 0) is 31.1 Å². The number of aliphatic hydroxyl groups is 1. The van der Waals surface area contributed by atoms with E-state index in [0.29, 0.717) is 6.42 Å². The highest BCUT2D eigenvalue weighted by atomic mass is 32.2. The molecule has 1 saturated carbocycles. The molecule has 84 valence electrons. The third-order valence-corrected chi connectivity index (χ3v) is 3.71. The number of hydrogen-bond donors (Lipinski definition) is 1. The van der Waals surface area contributed by atoms with Crippen molar-refractivity contribution in [3.8, 4) is 0 Å². The molecule has 1 aliphatic carbocycles. The SMILES string of the molecule is CC1C(O)CCC1CCSC(F)(F)F. The molecular weight excluding hydrogens is 213 g/mol. The topological polar surface area (TPSA) is 20.2 Å². The lowest BCUT2D eigenvalue weighted by Gasteiger charge is -2.17. The predicted octanol–water partition coefficient (Wildman–Crippen LogP) is 3.04. The first-order valence-corrected chi connectivity index (χ1v) is 5.77.